The van der Waals surface area contributed by atoms with E-state index < -0.39 is 5.82 Å². The van der Waals surface area contributed by atoms with Crippen LogP contribution in [0.5, 0.6) is 0 Å². The van der Waals surface area contributed by atoms with E-state index >= 15 is 0 Å². The summed E-state index contributed by atoms with van der Waals surface area (Å²) < 4.78 is 15.3. The van der Waals surface area contributed by atoms with Crippen LogP contribution >= 0.6 is 23.2 Å². The van der Waals surface area contributed by atoms with Crippen molar-refractivity contribution in [2.45, 2.75) is 19.3 Å². The highest BCUT2D eigenvalue weighted by Gasteiger charge is 2.11. The molecule has 0 radical (unpaired) electrons. The highest BCUT2D eigenvalue weighted by atomic mass is 35.5. The molecule has 1 heterocycles. The van der Waals surface area contributed by atoms with Gasteiger partial charge < -0.3 is 4.57 Å². The molecule has 0 N–H and O–H groups in total. The maximum absolute atomic E-state index is 13.3. The smallest absolute Gasteiger partial charge is 0.141 e. The molecule has 2 nitrogen and oxygen atoms in total. The van der Waals surface area contributed by atoms with E-state index in [9.17, 15) is 4.39 Å². The first-order chi connectivity index (χ1) is 10.1. The molecule has 0 aliphatic rings. The Morgan fingerprint density at radius 3 is 2.71 bits per heavy atom. The highest BCUT2D eigenvalue weighted by molar-refractivity contribution is 6.30. The van der Waals surface area contributed by atoms with Gasteiger partial charge in [-0.1, -0.05) is 23.7 Å². The van der Waals surface area contributed by atoms with Gasteiger partial charge in [0.2, 0.25) is 0 Å². The molecule has 0 bridgehead atoms. The summed E-state index contributed by atoms with van der Waals surface area (Å²) in [6.07, 6.45) is 0. The molecule has 0 unspecified atom stereocenters. The van der Waals surface area contributed by atoms with E-state index in [1.165, 1.54) is 6.07 Å². The van der Waals surface area contributed by atoms with E-state index in [4.69, 9.17) is 23.2 Å². The molecule has 0 saturated carbocycles. The summed E-state index contributed by atoms with van der Waals surface area (Å²) in [5, 5.41) is 0.125. The van der Waals surface area contributed by atoms with Gasteiger partial charge in [-0.2, -0.15) is 0 Å². The summed E-state index contributed by atoms with van der Waals surface area (Å²) in [5.41, 5.74) is 3.99. The Bertz CT molecular complexity index is 811. The van der Waals surface area contributed by atoms with Crippen molar-refractivity contribution in [3.05, 3.63) is 64.2 Å². The molecule has 0 spiro atoms. The molecule has 3 rings (SSSR count). The number of benzene rings is 2. The SMILES string of the molecule is Cc1ccc2nc(CCl)n(Cc3ccc(F)c(Cl)c3)c2c1. The summed E-state index contributed by atoms with van der Waals surface area (Å²) in [7, 11) is 0. The van der Waals surface area contributed by atoms with Crippen molar-refractivity contribution < 1.29 is 4.39 Å². The first-order valence-corrected chi connectivity index (χ1v) is 7.45. The fourth-order valence-corrected chi connectivity index (χ4v) is 2.79. The molecule has 0 aliphatic heterocycles. The number of aryl methyl sites for hydroxylation is 1. The number of nitrogens with zero attached hydrogens (tertiary/aromatic N) is 2. The lowest BCUT2D eigenvalue weighted by atomic mass is 10.2. The number of rotatable bonds is 3. The van der Waals surface area contributed by atoms with E-state index in [1.807, 2.05) is 23.6 Å². The number of aromatic nitrogens is 2. The van der Waals surface area contributed by atoms with Crippen LogP contribution in [-0.2, 0) is 12.4 Å². The molecule has 0 saturated heterocycles. The minimum absolute atomic E-state index is 0.125. The molecule has 0 fully saturated rings. The quantitative estimate of drug-likeness (QED) is 0.625. The summed E-state index contributed by atoms with van der Waals surface area (Å²) in [6, 6.07) is 10.8. The van der Waals surface area contributed by atoms with Gasteiger partial charge in [-0.25, -0.2) is 9.37 Å². The molecule has 108 valence electrons. The minimum atomic E-state index is -0.413. The molecular formula is C16H13Cl2FN2. The van der Waals surface area contributed by atoms with Crippen LogP contribution in [0.15, 0.2) is 36.4 Å². The van der Waals surface area contributed by atoms with Gasteiger partial charge in [-0.3, -0.25) is 0 Å². The maximum Gasteiger partial charge on any atom is 0.141 e. The monoisotopic (exact) mass is 322 g/mol. The summed E-state index contributed by atoms with van der Waals surface area (Å²) >= 11 is 11.8. The second kappa shape index (κ2) is 5.66. The van der Waals surface area contributed by atoms with Gasteiger partial charge in [-0.15, -0.1) is 11.6 Å². The number of halogens is 3. The predicted molar refractivity (Wildman–Crippen MR) is 84.5 cm³/mol. The zero-order valence-corrected chi connectivity index (χ0v) is 12.9. The Labute approximate surface area is 132 Å². The van der Waals surface area contributed by atoms with Crippen LogP contribution in [0.4, 0.5) is 4.39 Å². The number of imidazole rings is 1. The van der Waals surface area contributed by atoms with Crippen LogP contribution in [0, 0.1) is 12.7 Å². The maximum atomic E-state index is 13.3. The largest absolute Gasteiger partial charge is 0.322 e. The zero-order valence-electron chi connectivity index (χ0n) is 11.4. The van der Waals surface area contributed by atoms with E-state index in [1.54, 1.807) is 12.1 Å². The van der Waals surface area contributed by atoms with Crippen LogP contribution in [0.2, 0.25) is 5.02 Å². The Balaban J connectivity index is 2.09. The summed E-state index contributed by atoms with van der Waals surface area (Å²) in [5.74, 6) is 0.699. The standard InChI is InChI=1S/C16H13Cl2FN2/c1-10-2-5-14-15(6-10)21(16(8-17)20-14)9-11-3-4-13(19)12(18)7-11/h2-7H,8-9H2,1H3. The molecule has 1 aromatic heterocycles. The van der Waals surface area contributed by atoms with Crippen molar-refractivity contribution in [3.8, 4) is 0 Å². The van der Waals surface area contributed by atoms with E-state index in [0.29, 0.717) is 12.4 Å². The Hall–Kier alpha value is -1.58. The molecular weight excluding hydrogens is 310 g/mol. The molecule has 5 heteroatoms. The molecule has 0 atom stereocenters. The third-order valence-electron chi connectivity index (χ3n) is 3.43. The average molecular weight is 323 g/mol. The molecule has 2 aromatic carbocycles. The highest BCUT2D eigenvalue weighted by Crippen LogP contribution is 2.22. The fraction of sp³-hybridized carbons (Fsp3) is 0.188. The number of fused-ring (bicyclic) bond motifs is 1. The Morgan fingerprint density at radius 2 is 2.00 bits per heavy atom. The molecule has 0 amide bonds. The second-order valence-electron chi connectivity index (χ2n) is 4.99. The molecule has 0 aliphatic carbocycles. The third kappa shape index (κ3) is 2.76. The first-order valence-electron chi connectivity index (χ1n) is 6.54. The third-order valence-corrected chi connectivity index (χ3v) is 3.96. The summed E-state index contributed by atoms with van der Waals surface area (Å²) in [4.78, 5) is 4.53. The van der Waals surface area contributed by atoms with Crippen molar-refractivity contribution in [3.63, 3.8) is 0 Å². The van der Waals surface area contributed by atoms with Crippen molar-refractivity contribution in [1.82, 2.24) is 9.55 Å². The average Bonchev–Trinajstić information content (AvgIpc) is 2.80. The number of alkyl halides is 1. The van der Waals surface area contributed by atoms with Gasteiger partial charge in [-0.05, 0) is 42.3 Å². The topological polar surface area (TPSA) is 17.8 Å². The second-order valence-corrected chi connectivity index (χ2v) is 5.66. The molecule has 21 heavy (non-hydrogen) atoms. The van der Waals surface area contributed by atoms with Crippen LogP contribution < -0.4 is 0 Å². The fourth-order valence-electron chi connectivity index (χ4n) is 2.38. The lowest BCUT2D eigenvalue weighted by molar-refractivity contribution is 0.626. The van der Waals surface area contributed by atoms with Crippen LogP contribution in [0.25, 0.3) is 11.0 Å². The zero-order chi connectivity index (χ0) is 15.0. The lowest BCUT2D eigenvalue weighted by Crippen LogP contribution is -2.04. The van der Waals surface area contributed by atoms with Gasteiger partial charge >= 0.3 is 0 Å². The van der Waals surface area contributed by atoms with Crippen molar-refractivity contribution >= 4 is 34.2 Å². The Kier molecular flexibility index (Phi) is 3.87. The summed E-state index contributed by atoms with van der Waals surface area (Å²) in [6.45, 7) is 2.59. The van der Waals surface area contributed by atoms with Gasteiger partial charge in [0.25, 0.3) is 0 Å². The normalized spacial score (nSPS) is 11.2. The van der Waals surface area contributed by atoms with E-state index in [2.05, 4.69) is 11.1 Å². The molecule has 3 aromatic rings. The predicted octanol–water partition coefficient (Wildman–Crippen LogP) is 4.92. The number of hydrogen-bond acceptors (Lipinski definition) is 1. The van der Waals surface area contributed by atoms with E-state index in [0.717, 1.165) is 28.0 Å². The van der Waals surface area contributed by atoms with Gasteiger partial charge in [0.05, 0.1) is 21.9 Å². The van der Waals surface area contributed by atoms with Crippen LogP contribution in [0.3, 0.4) is 0 Å². The van der Waals surface area contributed by atoms with Crippen molar-refractivity contribution in [2.75, 3.05) is 0 Å². The van der Waals surface area contributed by atoms with Crippen molar-refractivity contribution in [2.24, 2.45) is 0 Å². The van der Waals surface area contributed by atoms with Gasteiger partial charge in [0.1, 0.15) is 11.6 Å². The van der Waals surface area contributed by atoms with Gasteiger partial charge in [0, 0.05) is 6.54 Å². The van der Waals surface area contributed by atoms with Crippen molar-refractivity contribution in [1.29, 1.82) is 0 Å². The Morgan fingerprint density at radius 1 is 1.19 bits per heavy atom. The van der Waals surface area contributed by atoms with Crippen LogP contribution in [-0.4, -0.2) is 9.55 Å². The van der Waals surface area contributed by atoms with Crippen LogP contribution in [0.1, 0.15) is 17.0 Å². The lowest BCUT2D eigenvalue weighted by Gasteiger charge is -2.09. The first kappa shape index (κ1) is 14.4. The minimum Gasteiger partial charge on any atom is -0.322 e. The van der Waals surface area contributed by atoms with Gasteiger partial charge in [0.15, 0.2) is 0 Å². The number of hydrogen-bond donors (Lipinski definition) is 0. The van der Waals surface area contributed by atoms with E-state index in [-0.39, 0.29) is 5.02 Å².